The van der Waals surface area contributed by atoms with E-state index in [1.807, 2.05) is 0 Å². The molecule has 2 aliphatic heterocycles. The van der Waals surface area contributed by atoms with Crippen LogP contribution in [0, 0.1) is 0 Å². The number of nitrogens with zero attached hydrogens (tertiary/aromatic N) is 1. The number of halogens is 3. The van der Waals surface area contributed by atoms with Gasteiger partial charge in [0.2, 0.25) is 0 Å². The second-order valence-electron chi connectivity index (χ2n) is 7.08. The van der Waals surface area contributed by atoms with Crippen LogP contribution in [0.1, 0.15) is 44.1 Å². The zero-order valence-electron chi connectivity index (χ0n) is 13.6. The molecule has 1 aromatic rings. The minimum Gasteiger partial charge on any atom is -0.363 e. The van der Waals surface area contributed by atoms with Crippen molar-refractivity contribution in [2.75, 3.05) is 18.0 Å². The van der Waals surface area contributed by atoms with Gasteiger partial charge in [-0.1, -0.05) is 12.8 Å². The third-order valence-corrected chi connectivity index (χ3v) is 7.00. The van der Waals surface area contributed by atoms with Crippen molar-refractivity contribution in [3.8, 4) is 0 Å². The van der Waals surface area contributed by atoms with Crippen LogP contribution >= 0.6 is 11.8 Å². The first-order valence-corrected chi connectivity index (χ1v) is 9.79. The average Bonchev–Trinajstić information content (AvgIpc) is 2.59. The van der Waals surface area contributed by atoms with E-state index in [0.29, 0.717) is 17.3 Å². The van der Waals surface area contributed by atoms with Crippen molar-refractivity contribution < 1.29 is 13.2 Å². The van der Waals surface area contributed by atoms with Crippen LogP contribution in [0.3, 0.4) is 0 Å². The zero-order valence-corrected chi connectivity index (χ0v) is 14.4. The Morgan fingerprint density at radius 3 is 2.54 bits per heavy atom. The van der Waals surface area contributed by atoms with E-state index in [4.69, 9.17) is 0 Å². The van der Waals surface area contributed by atoms with Crippen molar-refractivity contribution >= 4 is 17.4 Å². The van der Waals surface area contributed by atoms with Crippen LogP contribution in [0.15, 0.2) is 23.1 Å². The maximum atomic E-state index is 13.1. The third kappa shape index (κ3) is 3.03. The Kier molecular flexibility index (Phi) is 4.45. The molecule has 132 valence electrons. The Hall–Kier alpha value is -0.880. The summed E-state index contributed by atoms with van der Waals surface area (Å²) < 4.78 is 39.3. The normalized spacial score (nSPS) is 28.4. The zero-order chi connectivity index (χ0) is 16.7. The quantitative estimate of drug-likeness (QED) is 0.786. The minimum absolute atomic E-state index is 0.435. The molecule has 1 saturated carbocycles. The summed E-state index contributed by atoms with van der Waals surface area (Å²) in [5.41, 5.74) is 0.510. The number of rotatable bonds is 1. The maximum absolute atomic E-state index is 13.1. The standard InChI is InChI=1S/C18H23F3N2S/c19-18(20,21)12-5-6-15-17(11-12)24-16-4-2-1-3-14(16)23(15)13-7-9-22-10-8-13/h5-6,11,13-14,16,22H,1-4,7-10H2. The average molecular weight is 356 g/mol. The number of hydrogen-bond acceptors (Lipinski definition) is 3. The molecule has 6 heteroatoms. The molecule has 0 amide bonds. The molecule has 0 radical (unpaired) electrons. The van der Waals surface area contributed by atoms with Gasteiger partial charge in [0.05, 0.1) is 11.3 Å². The van der Waals surface area contributed by atoms with Crippen LogP contribution in [0.4, 0.5) is 18.9 Å². The Labute approximate surface area is 145 Å². The SMILES string of the molecule is FC(F)(F)c1ccc2c(c1)SC1CCCCC1N2C1CCNCC1. The molecular weight excluding hydrogens is 333 g/mol. The fourth-order valence-corrected chi connectivity index (χ4v) is 5.95. The van der Waals surface area contributed by atoms with Crippen molar-refractivity contribution in [1.82, 2.24) is 5.32 Å². The van der Waals surface area contributed by atoms with Gasteiger partial charge in [-0.05, 0) is 57.0 Å². The van der Waals surface area contributed by atoms with Gasteiger partial charge >= 0.3 is 6.18 Å². The summed E-state index contributed by atoms with van der Waals surface area (Å²) in [5.74, 6) is 0. The van der Waals surface area contributed by atoms with Crippen molar-refractivity contribution in [3.63, 3.8) is 0 Å². The molecule has 2 heterocycles. The van der Waals surface area contributed by atoms with Crippen LogP contribution < -0.4 is 10.2 Å². The summed E-state index contributed by atoms with van der Waals surface area (Å²) in [6, 6.07) is 5.29. The third-order valence-electron chi connectivity index (χ3n) is 5.57. The van der Waals surface area contributed by atoms with Gasteiger partial charge in [-0.25, -0.2) is 0 Å². The van der Waals surface area contributed by atoms with Gasteiger partial charge < -0.3 is 10.2 Å². The summed E-state index contributed by atoms with van der Waals surface area (Å²) in [6.45, 7) is 2.00. The van der Waals surface area contributed by atoms with Crippen molar-refractivity contribution in [2.24, 2.45) is 0 Å². The number of nitrogens with one attached hydrogen (secondary N) is 1. The van der Waals surface area contributed by atoms with Crippen LogP contribution in [-0.4, -0.2) is 30.4 Å². The van der Waals surface area contributed by atoms with Gasteiger partial charge in [0.1, 0.15) is 0 Å². The smallest absolute Gasteiger partial charge is 0.363 e. The number of piperidine rings is 1. The van der Waals surface area contributed by atoms with Crippen molar-refractivity contribution in [3.05, 3.63) is 23.8 Å². The first kappa shape index (κ1) is 16.6. The van der Waals surface area contributed by atoms with Gasteiger partial charge in [0.25, 0.3) is 0 Å². The molecule has 1 N–H and O–H groups in total. The lowest BCUT2D eigenvalue weighted by Crippen LogP contribution is -2.54. The first-order chi connectivity index (χ1) is 11.5. The van der Waals surface area contributed by atoms with Crippen LogP contribution in [-0.2, 0) is 6.18 Å². The Morgan fingerprint density at radius 1 is 1.04 bits per heavy atom. The van der Waals surface area contributed by atoms with Gasteiger partial charge in [0, 0.05) is 22.2 Å². The molecule has 24 heavy (non-hydrogen) atoms. The highest BCUT2D eigenvalue weighted by atomic mass is 32.2. The number of fused-ring (bicyclic) bond motifs is 2. The van der Waals surface area contributed by atoms with E-state index in [9.17, 15) is 13.2 Å². The molecule has 0 spiro atoms. The highest BCUT2D eigenvalue weighted by molar-refractivity contribution is 8.00. The number of hydrogen-bond donors (Lipinski definition) is 1. The molecule has 2 unspecified atom stereocenters. The predicted octanol–water partition coefficient (Wildman–Crippen LogP) is 4.68. The van der Waals surface area contributed by atoms with Crippen molar-refractivity contribution in [2.45, 2.75) is 66.9 Å². The lowest BCUT2D eigenvalue weighted by atomic mass is 9.90. The first-order valence-electron chi connectivity index (χ1n) is 8.91. The molecule has 2 fully saturated rings. The fourth-order valence-electron chi connectivity index (χ4n) is 4.43. The summed E-state index contributed by atoms with van der Waals surface area (Å²) in [7, 11) is 0. The van der Waals surface area contributed by atoms with Gasteiger partial charge in [0.15, 0.2) is 0 Å². The Bertz CT molecular complexity index is 598. The number of anilines is 1. The Balaban J connectivity index is 1.73. The second-order valence-corrected chi connectivity index (χ2v) is 8.36. The van der Waals surface area contributed by atoms with E-state index in [1.54, 1.807) is 17.8 Å². The molecule has 1 aliphatic carbocycles. The van der Waals surface area contributed by atoms with Gasteiger partial charge in [-0.3, -0.25) is 0 Å². The summed E-state index contributed by atoms with van der Waals surface area (Å²) in [6.07, 6.45) is 2.61. The monoisotopic (exact) mass is 356 g/mol. The number of alkyl halides is 3. The molecule has 0 bridgehead atoms. The van der Waals surface area contributed by atoms with Crippen molar-refractivity contribution in [1.29, 1.82) is 0 Å². The van der Waals surface area contributed by atoms with E-state index < -0.39 is 11.7 Å². The number of benzene rings is 1. The lowest BCUT2D eigenvalue weighted by Gasteiger charge is -2.50. The van der Waals surface area contributed by atoms with Crippen LogP contribution in [0.5, 0.6) is 0 Å². The van der Waals surface area contributed by atoms with E-state index in [2.05, 4.69) is 10.2 Å². The predicted molar refractivity (Wildman–Crippen MR) is 91.7 cm³/mol. The Morgan fingerprint density at radius 2 is 1.79 bits per heavy atom. The van der Waals surface area contributed by atoms with E-state index in [1.165, 1.54) is 31.4 Å². The van der Waals surface area contributed by atoms with Gasteiger partial charge in [-0.2, -0.15) is 13.2 Å². The van der Waals surface area contributed by atoms with E-state index in [-0.39, 0.29) is 0 Å². The van der Waals surface area contributed by atoms with E-state index >= 15 is 0 Å². The molecule has 1 aromatic carbocycles. The number of thioether (sulfide) groups is 1. The largest absolute Gasteiger partial charge is 0.416 e. The topological polar surface area (TPSA) is 15.3 Å². The lowest BCUT2D eigenvalue weighted by molar-refractivity contribution is -0.137. The molecule has 3 aliphatic rings. The molecule has 4 rings (SSSR count). The van der Waals surface area contributed by atoms with Crippen LogP contribution in [0.25, 0.3) is 0 Å². The highest BCUT2D eigenvalue weighted by Gasteiger charge is 2.41. The minimum atomic E-state index is -4.27. The second kappa shape index (κ2) is 6.45. The van der Waals surface area contributed by atoms with E-state index in [0.717, 1.165) is 42.9 Å². The maximum Gasteiger partial charge on any atom is 0.416 e. The summed E-state index contributed by atoms with van der Waals surface area (Å²) in [5, 5.41) is 3.83. The molecule has 2 nitrogen and oxygen atoms in total. The van der Waals surface area contributed by atoms with Gasteiger partial charge in [-0.15, -0.1) is 11.8 Å². The molecule has 0 aromatic heterocycles. The highest BCUT2D eigenvalue weighted by Crippen LogP contribution is 2.49. The summed E-state index contributed by atoms with van der Waals surface area (Å²) >= 11 is 1.68. The fraction of sp³-hybridized carbons (Fsp3) is 0.667. The van der Waals surface area contributed by atoms with Crippen LogP contribution in [0.2, 0.25) is 0 Å². The summed E-state index contributed by atoms with van der Waals surface area (Å²) in [4.78, 5) is 3.32. The molecule has 2 atom stereocenters. The molecule has 1 saturated heterocycles. The molecular formula is C18H23F3N2S.